The molecule has 0 bridgehead atoms. The van der Waals surface area contributed by atoms with Crippen LogP contribution < -0.4 is 10.1 Å². The highest BCUT2D eigenvalue weighted by Gasteiger charge is 2.54. The van der Waals surface area contributed by atoms with Gasteiger partial charge in [-0.25, -0.2) is 0 Å². The molecule has 1 aliphatic heterocycles. The van der Waals surface area contributed by atoms with Gasteiger partial charge in [-0.1, -0.05) is 44.2 Å². The number of carbonyl (C=O) groups excluding carboxylic acids is 1. The standard InChI is InChI=1S/C30H42N2O4/c1-20(2)29(33)31-27-24-9-7-8-10-25(24)30(28(27)36-16-15-34-5)11-13-32(14-12-30)19-23-17-22(4)26(35-6)18-21(23)3/h7-10,17-18,20,27-28H,11-16,19H2,1-6H3,(H,31,33)/t27-,28+/m0/s1. The monoisotopic (exact) mass is 494 g/mol. The summed E-state index contributed by atoms with van der Waals surface area (Å²) in [6, 6.07) is 12.9. The zero-order valence-corrected chi connectivity index (χ0v) is 22.7. The van der Waals surface area contributed by atoms with Crippen molar-refractivity contribution < 1.29 is 19.0 Å². The van der Waals surface area contributed by atoms with Crippen molar-refractivity contribution in [2.24, 2.45) is 5.92 Å². The zero-order chi connectivity index (χ0) is 25.9. The Balaban J connectivity index is 1.58. The third-order valence-electron chi connectivity index (χ3n) is 8.08. The van der Waals surface area contributed by atoms with Crippen molar-refractivity contribution in [2.75, 3.05) is 40.5 Å². The van der Waals surface area contributed by atoms with Crippen LogP contribution in [-0.4, -0.2) is 57.4 Å². The summed E-state index contributed by atoms with van der Waals surface area (Å²) in [6.45, 7) is 12.1. The Kier molecular flexibility index (Phi) is 8.38. The van der Waals surface area contributed by atoms with Gasteiger partial charge in [0.25, 0.3) is 0 Å². The second-order valence-corrected chi connectivity index (χ2v) is 10.7. The van der Waals surface area contributed by atoms with Gasteiger partial charge in [-0.15, -0.1) is 0 Å². The molecule has 0 radical (unpaired) electrons. The molecule has 0 saturated carbocycles. The smallest absolute Gasteiger partial charge is 0.223 e. The van der Waals surface area contributed by atoms with Gasteiger partial charge >= 0.3 is 0 Å². The SMILES string of the molecule is COCCO[C@@H]1[C@@H](NC(=O)C(C)C)c2ccccc2C12CCN(Cc1cc(C)c(OC)cc1C)CC2. The van der Waals surface area contributed by atoms with E-state index in [1.54, 1.807) is 14.2 Å². The first-order chi connectivity index (χ1) is 17.3. The van der Waals surface area contributed by atoms with Crippen LogP contribution >= 0.6 is 0 Å². The highest BCUT2D eigenvalue weighted by atomic mass is 16.5. The zero-order valence-electron chi connectivity index (χ0n) is 22.7. The summed E-state index contributed by atoms with van der Waals surface area (Å²) in [5.74, 6) is 0.934. The number of methoxy groups -OCH3 is 2. The van der Waals surface area contributed by atoms with Gasteiger partial charge in [0, 0.05) is 25.0 Å². The van der Waals surface area contributed by atoms with E-state index in [9.17, 15) is 4.79 Å². The number of hydrogen-bond acceptors (Lipinski definition) is 5. The molecule has 6 heteroatoms. The molecule has 6 nitrogen and oxygen atoms in total. The van der Waals surface area contributed by atoms with Gasteiger partial charge in [0.15, 0.2) is 0 Å². The molecule has 2 aromatic carbocycles. The number of piperidine rings is 1. The summed E-state index contributed by atoms with van der Waals surface area (Å²) >= 11 is 0. The van der Waals surface area contributed by atoms with Gasteiger partial charge < -0.3 is 19.5 Å². The predicted molar refractivity (Wildman–Crippen MR) is 142 cm³/mol. The second kappa shape index (κ2) is 11.3. The van der Waals surface area contributed by atoms with E-state index in [-0.39, 0.29) is 29.4 Å². The number of hydrogen-bond donors (Lipinski definition) is 1. The molecule has 1 saturated heterocycles. The van der Waals surface area contributed by atoms with Crippen LogP contribution in [0, 0.1) is 19.8 Å². The summed E-state index contributed by atoms with van der Waals surface area (Å²) in [7, 11) is 3.43. The van der Waals surface area contributed by atoms with Gasteiger partial charge in [0.2, 0.25) is 5.91 Å². The Hall–Kier alpha value is -2.41. The number of aryl methyl sites for hydroxylation is 2. The van der Waals surface area contributed by atoms with Gasteiger partial charge in [-0.2, -0.15) is 0 Å². The number of nitrogens with one attached hydrogen (secondary N) is 1. The van der Waals surface area contributed by atoms with Crippen molar-refractivity contribution in [3.63, 3.8) is 0 Å². The van der Waals surface area contributed by atoms with Crippen molar-refractivity contribution >= 4 is 5.91 Å². The molecule has 2 aliphatic rings. The average molecular weight is 495 g/mol. The molecular weight excluding hydrogens is 452 g/mol. The number of fused-ring (bicyclic) bond motifs is 2. The molecule has 36 heavy (non-hydrogen) atoms. The summed E-state index contributed by atoms with van der Waals surface area (Å²) in [5.41, 5.74) is 6.20. The summed E-state index contributed by atoms with van der Waals surface area (Å²) in [4.78, 5) is 15.4. The number of benzene rings is 2. The molecule has 1 aliphatic carbocycles. The maximum Gasteiger partial charge on any atom is 0.223 e. The third kappa shape index (κ3) is 5.17. The highest BCUT2D eigenvalue weighted by molar-refractivity contribution is 5.78. The van der Waals surface area contributed by atoms with Crippen molar-refractivity contribution in [1.29, 1.82) is 0 Å². The topological polar surface area (TPSA) is 60.0 Å². The Morgan fingerprint density at radius 2 is 1.81 bits per heavy atom. The normalized spacial score (nSPS) is 21.1. The fourth-order valence-corrected chi connectivity index (χ4v) is 5.99. The molecule has 0 aromatic heterocycles. The van der Waals surface area contributed by atoms with E-state index in [1.807, 2.05) is 13.8 Å². The van der Waals surface area contributed by atoms with E-state index in [2.05, 4.69) is 60.5 Å². The van der Waals surface area contributed by atoms with Gasteiger partial charge in [-0.05, 0) is 73.7 Å². The number of nitrogens with zero attached hydrogens (tertiary/aromatic N) is 1. The molecule has 196 valence electrons. The Morgan fingerprint density at radius 3 is 2.47 bits per heavy atom. The maximum atomic E-state index is 12.8. The van der Waals surface area contributed by atoms with Crippen LogP contribution in [0.4, 0.5) is 0 Å². The van der Waals surface area contributed by atoms with Crippen molar-refractivity contribution in [2.45, 2.75) is 64.6 Å². The first-order valence-electron chi connectivity index (χ1n) is 13.2. The number of amides is 1. The molecule has 2 aromatic rings. The average Bonchev–Trinajstić information content (AvgIpc) is 3.11. The first-order valence-corrected chi connectivity index (χ1v) is 13.2. The lowest BCUT2D eigenvalue weighted by Crippen LogP contribution is -2.51. The molecule has 0 unspecified atom stereocenters. The minimum Gasteiger partial charge on any atom is -0.496 e. The molecule has 1 N–H and O–H groups in total. The van der Waals surface area contributed by atoms with Crippen LogP contribution in [0.25, 0.3) is 0 Å². The van der Waals surface area contributed by atoms with Crippen LogP contribution in [0.3, 0.4) is 0 Å². The highest BCUT2D eigenvalue weighted by Crippen LogP contribution is 2.52. The van der Waals surface area contributed by atoms with E-state index < -0.39 is 0 Å². The molecule has 1 amide bonds. The second-order valence-electron chi connectivity index (χ2n) is 10.7. The summed E-state index contributed by atoms with van der Waals surface area (Å²) < 4.78 is 17.4. The first kappa shape index (κ1) is 26.6. The minimum atomic E-state index is -0.147. The number of carbonyl (C=O) groups is 1. The third-order valence-corrected chi connectivity index (χ3v) is 8.08. The Morgan fingerprint density at radius 1 is 1.08 bits per heavy atom. The van der Waals surface area contributed by atoms with E-state index in [4.69, 9.17) is 14.2 Å². The van der Waals surface area contributed by atoms with Gasteiger partial charge in [0.1, 0.15) is 5.75 Å². The maximum absolute atomic E-state index is 12.8. The van der Waals surface area contributed by atoms with Crippen molar-refractivity contribution in [3.05, 3.63) is 64.2 Å². The van der Waals surface area contributed by atoms with Crippen LogP contribution in [0.2, 0.25) is 0 Å². The van der Waals surface area contributed by atoms with Crippen LogP contribution in [0.1, 0.15) is 60.5 Å². The molecule has 1 fully saturated rings. The largest absolute Gasteiger partial charge is 0.496 e. The Bertz CT molecular complexity index is 1060. The molecule has 4 rings (SSSR count). The molecule has 2 atom stereocenters. The number of likely N-dealkylation sites (tertiary alicyclic amines) is 1. The fraction of sp³-hybridized carbons (Fsp3) is 0.567. The Labute approximate surface area is 216 Å². The fourth-order valence-electron chi connectivity index (χ4n) is 5.99. The van der Waals surface area contributed by atoms with Crippen molar-refractivity contribution in [1.82, 2.24) is 10.2 Å². The lowest BCUT2D eigenvalue weighted by atomic mass is 9.71. The number of ether oxygens (including phenoxy) is 3. The molecule has 1 heterocycles. The van der Waals surface area contributed by atoms with Gasteiger partial charge in [-0.3, -0.25) is 9.69 Å². The van der Waals surface area contributed by atoms with E-state index >= 15 is 0 Å². The van der Waals surface area contributed by atoms with Crippen molar-refractivity contribution in [3.8, 4) is 5.75 Å². The van der Waals surface area contributed by atoms with Gasteiger partial charge in [0.05, 0.1) is 32.5 Å². The number of rotatable bonds is 9. The lowest BCUT2D eigenvalue weighted by Gasteiger charge is -2.44. The quantitative estimate of drug-likeness (QED) is 0.512. The van der Waals surface area contributed by atoms with Crippen LogP contribution in [0.15, 0.2) is 36.4 Å². The molecule has 1 spiro atoms. The predicted octanol–water partition coefficient (Wildman–Crippen LogP) is 4.70. The van der Waals surface area contributed by atoms with E-state index in [0.29, 0.717) is 13.2 Å². The minimum absolute atomic E-state index is 0.0648. The summed E-state index contributed by atoms with van der Waals surface area (Å²) in [5, 5.41) is 3.33. The summed E-state index contributed by atoms with van der Waals surface area (Å²) in [6.07, 6.45) is 1.87. The van der Waals surface area contributed by atoms with E-state index in [0.717, 1.165) is 38.2 Å². The van der Waals surface area contributed by atoms with Crippen LogP contribution in [-0.2, 0) is 26.2 Å². The lowest BCUT2D eigenvalue weighted by molar-refractivity contribution is -0.127. The van der Waals surface area contributed by atoms with E-state index in [1.165, 1.54) is 27.8 Å². The van der Waals surface area contributed by atoms with Crippen LogP contribution in [0.5, 0.6) is 5.75 Å². The molecular formula is C30H42N2O4.